The molecule has 1 aromatic carbocycles. The highest BCUT2D eigenvalue weighted by Gasteiger charge is 2.34. The topological polar surface area (TPSA) is 75.9 Å². The highest BCUT2D eigenvalue weighted by atomic mass is 32.1. The van der Waals surface area contributed by atoms with E-state index in [4.69, 9.17) is 9.72 Å². The molecule has 8 nitrogen and oxygen atoms in total. The average Bonchev–Trinajstić information content (AvgIpc) is 3.42. The molecule has 0 saturated carbocycles. The van der Waals surface area contributed by atoms with E-state index in [0.717, 1.165) is 22.0 Å². The Morgan fingerprint density at radius 3 is 2.49 bits per heavy atom. The number of aromatic nitrogens is 4. The normalized spacial score (nSPS) is 14.9. The molecule has 0 atom stereocenters. The monoisotopic (exact) mass is 494 g/mol. The number of hydrogen-bond acceptors (Lipinski definition) is 7. The Kier molecular flexibility index (Phi) is 6.14. The molecular weight excluding hydrogens is 467 g/mol. The minimum absolute atomic E-state index is 0.0232. The summed E-state index contributed by atoms with van der Waals surface area (Å²) in [7, 11) is 0. The number of ether oxygens (including phenoxy) is 1. The van der Waals surface area contributed by atoms with Gasteiger partial charge in [0.1, 0.15) is 22.9 Å². The summed E-state index contributed by atoms with van der Waals surface area (Å²) in [4.78, 5) is 31.3. The summed E-state index contributed by atoms with van der Waals surface area (Å²) >= 11 is 1.53. The lowest BCUT2D eigenvalue weighted by Crippen LogP contribution is -2.47. The van der Waals surface area contributed by atoms with Crippen molar-refractivity contribution >= 4 is 34.2 Å². The predicted molar refractivity (Wildman–Crippen MR) is 133 cm³/mol. The molecule has 1 fully saturated rings. The Labute approximate surface area is 207 Å². The molecule has 0 radical (unpaired) electrons. The van der Waals surface area contributed by atoms with Crippen LogP contribution in [0.3, 0.4) is 0 Å². The van der Waals surface area contributed by atoms with Crippen molar-refractivity contribution in [2.24, 2.45) is 0 Å². The molecule has 0 aliphatic carbocycles. The summed E-state index contributed by atoms with van der Waals surface area (Å²) < 4.78 is 21.3. The fourth-order valence-corrected chi connectivity index (χ4v) is 4.99. The van der Waals surface area contributed by atoms with Crippen LogP contribution >= 0.6 is 11.3 Å². The van der Waals surface area contributed by atoms with Gasteiger partial charge in [0, 0.05) is 48.7 Å². The summed E-state index contributed by atoms with van der Waals surface area (Å²) in [5, 5.41) is 1.98. The van der Waals surface area contributed by atoms with E-state index < -0.39 is 5.60 Å². The summed E-state index contributed by atoms with van der Waals surface area (Å²) in [6.07, 6.45) is 6.52. The molecule has 1 aliphatic heterocycles. The van der Waals surface area contributed by atoms with Gasteiger partial charge in [-0.3, -0.25) is 9.30 Å². The van der Waals surface area contributed by atoms with Gasteiger partial charge in [-0.15, -0.1) is 11.3 Å². The van der Waals surface area contributed by atoms with Gasteiger partial charge in [-0.25, -0.2) is 24.1 Å². The number of piperidine rings is 1. The maximum Gasteiger partial charge on any atom is 0.410 e. The van der Waals surface area contributed by atoms with E-state index in [1.807, 2.05) is 36.7 Å². The largest absolute Gasteiger partial charge is 0.444 e. The van der Waals surface area contributed by atoms with Gasteiger partial charge in [0.05, 0.1) is 0 Å². The molecule has 35 heavy (non-hydrogen) atoms. The van der Waals surface area contributed by atoms with E-state index in [2.05, 4.69) is 14.9 Å². The Morgan fingerprint density at radius 1 is 1.14 bits per heavy atom. The Bertz CT molecular complexity index is 1310. The molecule has 1 saturated heterocycles. The molecule has 0 bridgehead atoms. The number of nitrogens with zero attached hydrogens (tertiary/aromatic N) is 6. The summed E-state index contributed by atoms with van der Waals surface area (Å²) in [6.45, 7) is 6.72. The van der Waals surface area contributed by atoms with Crippen LogP contribution in [0.25, 0.3) is 16.2 Å². The van der Waals surface area contributed by atoms with Crippen LogP contribution in [0.1, 0.15) is 33.6 Å². The summed E-state index contributed by atoms with van der Waals surface area (Å²) in [5.74, 6) is 1.09. The SMILES string of the molecule is CC(C)(C)OC(=O)N1CCC(N(c2ncccn2)c2c(-c3ccc(F)cc3)nc3sccn23)CC1. The quantitative estimate of drug-likeness (QED) is 0.371. The third kappa shape index (κ3) is 4.84. The van der Waals surface area contributed by atoms with Crippen LogP contribution < -0.4 is 4.90 Å². The maximum absolute atomic E-state index is 13.7. The first-order chi connectivity index (χ1) is 16.8. The van der Waals surface area contributed by atoms with Crippen molar-refractivity contribution in [2.75, 3.05) is 18.0 Å². The minimum Gasteiger partial charge on any atom is -0.444 e. The van der Waals surface area contributed by atoms with Crippen LogP contribution in [0.15, 0.2) is 54.3 Å². The summed E-state index contributed by atoms with van der Waals surface area (Å²) in [6, 6.07) is 8.16. The predicted octanol–water partition coefficient (Wildman–Crippen LogP) is 5.53. The zero-order valence-electron chi connectivity index (χ0n) is 19.9. The zero-order chi connectivity index (χ0) is 24.6. The average molecular weight is 495 g/mol. The fraction of sp³-hybridized carbons (Fsp3) is 0.360. The first-order valence-electron chi connectivity index (χ1n) is 11.6. The molecule has 1 amide bonds. The molecule has 182 valence electrons. The van der Waals surface area contributed by atoms with Crippen molar-refractivity contribution in [2.45, 2.75) is 45.3 Å². The van der Waals surface area contributed by atoms with Gasteiger partial charge in [-0.1, -0.05) is 0 Å². The molecule has 0 spiro atoms. The Morgan fingerprint density at radius 2 is 1.83 bits per heavy atom. The number of halogens is 1. The number of benzene rings is 1. The smallest absolute Gasteiger partial charge is 0.410 e. The van der Waals surface area contributed by atoms with Crippen molar-refractivity contribution in [3.8, 4) is 11.3 Å². The van der Waals surface area contributed by atoms with Gasteiger partial charge in [0.15, 0.2) is 4.96 Å². The first-order valence-corrected chi connectivity index (χ1v) is 12.4. The number of amides is 1. The molecule has 4 aromatic rings. The van der Waals surface area contributed by atoms with Gasteiger partial charge in [0.25, 0.3) is 0 Å². The molecule has 5 rings (SSSR count). The number of likely N-dealkylation sites (tertiary alicyclic amines) is 1. The van der Waals surface area contributed by atoms with Crippen molar-refractivity contribution in [3.63, 3.8) is 0 Å². The molecule has 4 heterocycles. The van der Waals surface area contributed by atoms with E-state index in [9.17, 15) is 9.18 Å². The zero-order valence-corrected chi connectivity index (χ0v) is 20.7. The lowest BCUT2D eigenvalue weighted by Gasteiger charge is -2.38. The lowest BCUT2D eigenvalue weighted by atomic mass is 10.0. The number of fused-ring (bicyclic) bond motifs is 1. The minimum atomic E-state index is -0.538. The second-order valence-electron chi connectivity index (χ2n) is 9.46. The van der Waals surface area contributed by atoms with Crippen molar-refractivity contribution in [3.05, 3.63) is 60.1 Å². The molecule has 3 aromatic heterocycles. The number of hydrogen-bond donors (Lipinski definition) is 0. The van der Waals surface area contributed by atoms with Gasteiger partial charge in [-0.2, -0.15) is 0 Å². The van der Waals surface area contributed by atoms with Crippen LogP contribution in [-0.4, -0.2) is 55.1 Å². The van der Waals surface area contributed by atoms with Crippen LogP contribution in [0.5, 0.6) is 0 Å². The van der Waals surface area contributed by atoms with Crippen LogP contribution in [0, 0.1) is 5.82 Å². The third-order valence-corrected chi connectivity index (χ3v) is 6.59. The van der Waals surface area contributed by atoms with E-state index in [0.29, 0.717) is 31.9 Å². The van der Waals surface area contributed by atoms with Crippen LogP contribution in [0.2, 0.25) is 0 Å². The Hall–Kier alpha value is -3.53. The van der Waals surface area contributed by atoms with Crippen molar-refractivity contribution < 1.29 is 13.9 Å². The standard InChI is InChI=1S/C25H27FN6O2S/c1-25(2,3)34-24(33)30-13-9-19(10-14-30)32(22-27-11-4-12-28-22)21-20(17-5-7-18(26)8-6-17)29-23-31(21)15-16-35-23/h4-8,11-12,15-16,19H,9-10,13-14H2,1-3H3. The second-order valence-corrected chi connectivity index (χ2v) is 10.3. The number of thiazole rings is 1. The number of anilines is 2. The number of rotatable bonds is 4. The first kappa shape index (κ1) is 23.2. The van der Waals surface area contributed by atoms with E-state index >= 15 is 0 Å². The molecule has 10 heteroatoms. The van der Waals surface area contributed by atoms with E-state index in [1.54, 1.807) is 35.5 Å². The van der Waals surface area contributed by atoms with Gasteiger partial charge >= 0.3 is 6.09 Å². The molecular formula is C25H27FN6O2S. The number of carbonyl (C=O) groups excluding carboxylic acids is 1. The molecule has 0 unspecified atom stereocenters. The third-order valence-electron chi connectivity index (χ3n) is 5.83. The maximum atomic E-state index is 13.7. The Balaban J connectivity index is 1.53. The van der Waals surface area contributed by atoms with Gasteiger partial charge in [0.2, 0.25) is 5.95 Å². The fourth-order valence-electron chi connectivity index (χ4n) is 4.29. The van der Waals surface area contributed by atoms with Gasteiger partial charge in [-0.05, 0) is 63.9 Å². The van der Waals surface area contributed by atoms with E-state index in [-0.39, 0.29) is 18.0 Å². The van der Waals surface area contributed by atoms with Crippen molar-refractivity contribution in [1.82, 2.24) is 24.3 Å². The highest BCUT2D eigenvalue weighted by Crippen LogP contribution is 2.39. The lowest BCUT2D eigenvalue weighted by molar-refractivity contribution is 0.0206. The van der Waals surface area contributed by atoms with Gasteiger partial charge < -0.3 is 9.64 Å². The number of imidazole rings is 1. The van der Waals surface area contributed by atoms with E-state index in [1.165, 1.54) is 23.5 Å². The van der Waals surface area contributed by atoms with Crippen molar-refractivity contribution in [1.29, 1.82) is 0 Å². The molecule has 0 N–H and O–H groups in total. The van der Waals surface area contributed by atoms with Crippen LogP contribution in [0.4, 0.5) is 21.0 Å². The number of carbonyl (C=O) groups is 1. The highest BCUT2D eigenvalue weighted by molar-refractivity contribution is 7.15. The van der Waals surface area contributed by atoms with Crippen LogP contribution in [-0.2, 0) is 4.74 Å². The summed E-state index contributed by atoms with van der Waals surface area (Å²) in [5.41, 5.74) is 1.01. The molecule has 1 aliphatic rings. The second kappa shape index (κ2) is 9.26.